The van der Waals surface area contributed by atoms with Gasteiger partial charge in [-0.05, 0) is 12.8 Å². The molecule has 1 saturated heterocycles. The Morgan fingerprint density at radius 3 is 2.71 bits per heavy atom. The number of methoxy groups -OCH3 is 1. The summed E-state index contributed by atoms with van der Waals surface area (Å²) in [6.45, 7) is 4.89. The van der Waals surface area contributed by atoms with Gasteiger partial charge in [0.25, 0.3) is 11.5 Å². The van der Waals surface area contributed by atoms with Crippen molar-refractivity contribution in [3.63, 3.8) is 0 Å². The van der Waals surface area contributed by atoms with Crippen LogP contribution in [0.2, 0.25) is 0 Å². The smallest absolute Gasteiger partial charge is 0.330 e. The molecule has 0 saturated carbocycles. The van der Waals surface area contributed by atoms with E-state index in [1.165, 1.54) is 10.8 Å². The molecule has 1 aliphatic heterocycles. The molecule has 2 rings (SSSR count). The molecule has 0 aromatic carbocycles. The molecular weight excluding hydrogens is 408 g/mol. The number of nitrogens with zero attached hydrogens (tertiary/aromatic N) is 1. The number of aromatic nitrogens is 2. The number of carbonyl (C=O) groups excluding carboxylic acids is 2. The molecule has 3 N–H and O–H groups in total. The van der Waals surface area contributed by atoms with E-state index < -0.39 is 23.4 Å². The lowest BCUT2D eigenvalue weighted by Crippen LogP contribution is -2.34. The maximum absolute atomic E-state index is 12.3. The summed E-state index contributed by atoms with van der Waals surface area (Å²) in [4.78, 5) is 49.5. The lowest BCUT2D eigenvalue weighted by atomic mass is 10.2. The normalized spacial score (nSPS) is 20.0. The summed E-state index contributed by atoms with van der Waals surface area (Å²) in [5.74, 6) is 4.04. The Hall–Kier alpha value is -2.94. The number of hydrogen-bond acceptors (Lipinski definition) is 7. The number of carbonyl (C=O) groups is 2. The highest BCUT2D eigenvalue weighted by atomic mass is 16.6. The van der Waals surface area contributed by atoms with Gasteiger partial charge in [-0.3, -0.25) is 23.9 Å². The largest absolute Gasteiger partial charge is 0.379 e. The highest BCUT2D eigenvalue weighted by molar-refractivity contribution is 5.94. The lowest BCUT2D eigenvalue weighted by Gasteiger charge is -2.17. The first kappa shape index (κ1) is 24.3. The van der Waals surface area contributed by atoms with Crippen LogP contribution in [0.15, 0.2) is 15.8 Å². The van der Waals surface area contributed by atoms with Gasteiger partial charge in [0.1, 0.15) is 17.9 Å². The second-order valence-corrected chi connectivity index (χ2v) is 6.72. The molecule has 1 aromatic heterocycles. The lowest BCUT2D eigenvalue weighted by molar-refractivity contribution is -0.121. The quantitative estimate of drug-likeness (QED) is 0.329. The molecule has 1 aliphatic rings. The monoisotopic (exact) mass is 436 g/mol. The molecule has 0 spiro atoms. The first-order valence-electron chi connectivity index (χ1n) is 10.1. The molecule has 11 nitrogen and oxygen atoms in total. The van der Waals surface area contributed by atoms with E-state index >= 15 is 0 Å². The summed E-state index contributed by atoms with van der Waals surface area (Å²) in [5, 5.41) is 5.12. The van der Waals surface area contributed by atoms with Gasteiger partial charge in [0, 0.05) is 51.8 Å². The number of hydrogen-bond donors (Lipinski definition) is 3. The van der Waals surface area contributed by atoms with E-state index in [0.29, 0.717) is 26.1 Å². The van der Waals surface area contributed by atoms with E-state index in [4.69, 9.17) is 14.2 Å². The minimum atomic E-state index is -0.705. The molecule has 0 radical (unpaired) electrons. The number of ether oxygens (including phenoxy) is 3. The van der Waals surface area contributed by atoms with Crippen molar-refractivity contribution in [2.75, 3.05) is 33.4 Å². The van der Waals surface area contributed by atoms with Crippen LogP contribution < -0.4 is 21.9 Å². The Kier molecular flexibility index (Phi) is 9.45. The van der Waals surface area contributed by atoms with Crippen molar-refractivity contribution >= 4 is 11.8 Å². The summed E-state index contributed by atoms with van der Waals surface area (Å²) in [5.41, 5.74) is -1.41. The van der Waals surface area contributed by atoms with Crippen molar-refractivity contribution in [2.45, 2.75) is 45.1 Å². The van der Waals surface area contributed by atoms with E-state index in [0.717, 1.165) is 0 Å². The van der Waals surface area contributed by atoms with Gasteiger partial charge in [0.2, 0.25) is 5.91 Å². The third-order valence-corrected chi connectivity index (χ3v) is 4.61. The van der Waals surface area contributed by atoms with Gasteiger partial charge in [-0.1, -0.05) is 6.92 Å². The summed E-state index contributed by atoms with van der Waals surface area (Å²) < 4.78 is 17.9. The first-order valence-corrected chi connectivity index (χ1v) is 10.1. The van der Waals surface area contributed by atoms with E-state index in [1.807, 2.05) is 6.92 Å². The molecule has 11 heteroatoms. The Morgan fingerprint density at radius 2 is 2.03 bits per heavy atom. The van der Waals surface area contributed by atoms with Gasteiger partial charge >= 0.3 is 5.69 Å². The molecule has 1 unspecified atom stereocenters. The van der Waals surface area contributed by atoms with Crippen LogP contribution in [0.5, 0.6) is 0 Å². The van der Waals surface area contributed by atoms with Gasteiger partial charge in [0.05, 0.1) is 12.7 Å². The molecule has 0 bridgehead atoms. The number of nitrogens with one attached hydrogen (secondary N) is 3. The molecule has 1 aromatic rings. The maximum atomic E-state index is 12.3. The third kappa shape index (κ3) is 7.06. The fourth-order valence-electron chi connectivity index (χ4n) is 2.96. The average Bonchev–Trinajstić information content (AvgIpc) is 3.17. The number of rotatable bonds is 9. The zero-order chi connectivity index (χ0) is 22.8. The van der Waals surface area contributed by atoms with E-state index in [-0.39, 0.29) is 36.8 Å². The van der Waals surface area contributed by atoms with Crippen molar-refractivity contribution in [1.29, 1.82) is 0 Å². The Labute approximate surface area is 179 Å². The standard InChI is InChI=1S/C20H28N4O7/c1-4-16(25)21-8-9-22-17(26)7-6-13-11-24(20(28)23-19(13)27)18-10-14(29-3)15(31-18)12-30-5-2/h11,14-15,18H,4-5,8-10,12H2,1-3H3,(H,21,25)(H,22,26)(H,23,27,28)/t14-,15?,18-/m1/s1. The van der Waals surface area contributed by atoms with Gasteiger partial charge in [-0.25, -0.2) is 4.79 Å². The minimum absolute atomic E-state index is 0.0557. The Bertz CT molecular complexity index is 943. The van der Waals surface area contributed by atoms with Crippen molar-refractivity contribution in [1.82, 2.24) is 20.2 Å². The number of amides is 2. The van der Waals surface area contributed by atoms with Crippen LogP contribution in [0.25, 0.3) is 0 Å². The van der Waals surface area contributed by atoms with Crippen LogP contribution in [0.4, 0.5) is 0 Å². The first-order chi connectivity index (χ1) is 14.9. The SMILES string of the molecule is CCOCC1O[C@@H](n2cc(C#CC(=O)NCCNC(=O)CC)c(=O)[nH]c2=O)C[C@H]1OC. The van der Waals surface area contributed by atoms with E-state index in [9.17, 15) is 19.2 Å². The zero-order valence-corrected chi connectivity index (χ0v) is 17.9. The molecule has 0 aliphatic carbocycles. The predicted octanol–water partition coefficient (Wildman–Crippen LogP) is -1.13. The second kappa shape index (κ2) is 12.0. The number of aromatic amines is 1. The highest BCUT2D eigenvalue weighted by Gasteiger charge is 2.37. The summed E-state index contributed by atoms with van der Waals surface area (Å²) in [6.07, 6.45) is 0.706. The topological polar surface area (TPSA) is 141 Å². The average molecular weight is 436 g/mol. The second-order valence-electron chi connectivity index (χ2n) is 6.72. The fraction of sp³-hybridized carbons (Fsp3) is 0.600. The van der Waals surface area contributed by atoms with Crippen LogP contribution in [0, 0.1) is 11.8 Å². The minimum Gasteiger partial charge on any atom is -0.379 e. The van der Waals surface area contributed by atoms with Crippen LogP contribution in [-0.4, -0.2) is 67.0 Å². The highest BCUT2D eigenvalue weighted by Crippen LogP contribution is 2.29. The predicted molar refractivity (Wildman–Crippen MR) is 110 cm³/mol. The van der Waals surface area contributed by atoms with Crippen LogP contribution in [0.1, 0.15) is 38.5 Å². The fourth-order valence-corrected chi connectivity index (χ4v) is 2.96. The van der Waals surface area contributed by atoms with Crippen molar-refractivity contribution in [3.05, 3.63) is 32.6 Å². The molecule has 2 heterocycles. The van der Waals surface area contributed by atoms with E-state index in [2.05, 4.69) is 27.5 Å². The van der Waals surface area contributed by atoms with Gasteiger partial charge in [0.15, 0.2) is 0 Å². The van der Waals surface area contributed by atoms with Crippen molar-refractivity contribution in [3.8, 4) is 11.8 Å². The Balaban J connectivity index is 2.08. The Morgan fingerprint density at radius 1 is 1.29 bits per heavy atom. The van der Waals surface area contributed by atoms with Gasteiger partial charge in [-0.2, -0.15) is 0 Å². The van der Waals surface area contributed by atoms with Gasteiger partial charge in [-0.15, -0.1) is 0 Å². The maximum Gasteiger partial charge on any atom is 0.330 e. The molecule has 2 amide bonds. The summed E-state index contributed by atoms with van der Waals surface area (Å²) in [6, 6.07) is 0. The zero-order valence-electron chi connectivity index (χ0n) is 17.9. The molecule has 1 fully saturated rings. The summed E-state index contributed by atoms with van der Waals surface area (Å²) in [7, 11) is 1.55. The molecule has 31 heavy (non-hydrogen) atoms. The third-order valence-electron chi connectivity index (χ3n) is 4.61. The molecule has 3 atom stereocenters. The van der Waals surface area contributed by atoms with Crippen LogP contribution >= 0.6 is 0 Å². The van der Waals surface area contributed by atoms with Crippen LogP contribution in [0.3, 0.4) is 0 Å². The van der Waals surface area contributed by atoms with Gasteiger partial charge < -0.3 is 24.8 Å². The molecule has 170 valence electrons. The number of H-pyrrole nitrogens is 1. The molecular formula is C20H28N4O7. The van der Waals surface area contributed by atoms with Crippen molar-refractivity contribution in [2.24, 2.45) is 0 Å². The summed E-state index contributed by atoms with van der Waals surface area (Å²) >= 11 is 0. The van der Waals surface area contributed by atoms with Crippen LogP contribution in [-0.2, 0) is 23.8 Å². The van der Waals surface area contributed by atoms with Crippen molar-refractivity contribution < 1.29 is 23.8 Å². The van der Waals surface area contributed by atoms with E-state index in [1.54, 1.807) is 14.0 Å².